The maximum Gasteiger partial charge on any atom is 0.147 e. The van der Waals surface area contributed by atoms with Gasteiger partial charge in [0.05, 0.1) is 21.7 Å². The summed E-state index contributed by atoms with van der Waals surface area (Å²) in [5, 5.41) is 10.8. The first-order valence-corrected chi connectivity index (χ1v) is 7.32. The Morgan fingerprint density at radius 1 is 1.10 bits per heavy atom. The molecule has 1 atom stereocenters. The van der Waals surface area contributed by atoms with Gasteiger partial charge < -0.3 is 9.84 Å². The van der Waals surface area contributed by atoms with Crippen molar-refractivity contribution in [2.75, 3.05) is 6.61 Å². The SMILES string of the molecule is CCOc1cc(Cl)c(C(O)c2cccc(Cl)c2F)cc1Cl. The Kier molecular flexibility index (Phi) is 5.33. The van der Waals surface area contributed by atoms with Crippen LogP contribution in [0.15, 0.2) is 30.3 Å². The molecule has 0 aliphatic heterocycles. The van der Waals surface area contributed by atoms with Crippen molar-refractivity contribution in [2.24, 2.45) is 0 Å². The molecule has 2 aromatic carbocycles. The van der Waals surface area contributed by atoms with Gasteiger partial charge in [0.15, 0.2) is 0 Å². The summed E-state index contributed by atoms with van der Waals surface area (Å²) < 4.78 is 19.3. The van der Waals surface area contributed by atoms with E-state index in [0.717, 1.165) is 0 Å². The van der Waals surface area contributed by atoms with Crippen LogP contribution in [0.5, 0.6) is 5.75 Å². The smallest absolute Gasteiger partial charge is 0.147 e. The Bertz CT molecular complexity index is 662. The van der Waals surface area contributed by atoms with Crippen molar-refractivity contribution in [1.82, 2.24) is 0 Å². The normalized spacial score (nSPS) is 12.3. The maximum atomic E-state index is 14.0. The third-order valence-corrected chi connectivity index (χ3v) is 3.84. The molecule has 0 bridgehead atoms. The predicted octanol–water partition coefficient (Wildman–Crippen LogP) is 5.27. The Hall–Kier alpha value is -1.00. The van der Waals surface area contributed by atoms with Gasteiger partial charge in [0, 0.05) is 17.2 Å². The van der Waals surface area contributed by atoms with Crippen LogP contribution in [0.1, 0.15) is 24.2 Å². The fourth-order valence-corrected chi connectivity index (χ4v) is 2.58. The highest BCUT2D eigenvalue weighted by atomic mass is 35.5. The van der Waals surface area contributed by atoms with Crippen molar-refractivity contribution in [2.45, 2.75) is 13.0 Å². The highest BCUT2D eigenvalue weighted by Crippen LogP contribution is 2.37. The second kappa shape index (κ2) is 6.84. The van der Waals surface area contributed by atoms with E-state index in [0.29, 0.717) is 12.4 Å². The van der Waals surface area contributed by atoms with E-state index in [1.165, 1.54) is 24.3 Å². The Labute approximate surface area is 137 Å². The summed E-state index contributed by atoms with van der Waals surface area (Å²) in [6.45, 7) is 2.25. The van der Waals surface area contributed by atoms with E-state index in [4.69, 9.17) is 39.5 Å². The lowest BCUT2D eigenvalue weighted by Crippen LogP contribution is -2.04. The number of benzene rings is 2. The van der Waals surface area contributed by atoms with Crippen LogP contribution in [-0.2, 0) is 0 Å². The second-order valence-electron chi connectivity index (χ2n) is 4.28. The van der Waals surface area contributed by atoms with Crippen LogP contribution in [0.25, 0.3) is 0 Å². The van der Waals surface area contributed by atoms with E-state index in [-0.39, 0.29) is 26.2 Å². The molecule has 0 aromatic heterocycles. The zero-order valence-corrected chi connectivity index (χ0v) is 13.3. The van der Waals surface area contributed by atoms with Gasteiger partial charge in [-0.25, -0.2) is 4.39 Å². The summed E-state index contributed by atoms with van der Waals surface area (Å²) in [5.74, 6) is -0.278. The minimum Gasteiger partial charge on any atom is -0.492 e. The van der Waals surface area contributed by atoms with Crippen LogP contribution in [0.4, 0.5) is 4.39 Å². The van der Waals surface area contributed by atoms with E-state index >= 15 is 0 Å². The lowest BCUT2D eigenvalue weighted by atomic mass is 10.0. The predicted molar refractivity (Wildman–Crippen MR) is 83.1 cm³/mol. The van der Waals surface area contributed by atoms with Crippen molar-refractivity contribution in [3.05, 3.63) is 62.3 Å². The summed E-state index contributed by atoms with van der Waals surface area (Å²) in [6, 6.07) is 7.34. The van der Waals surface area contributed by atoms with E-state index < -0.39 is 11.9 Å². The van der Waals surface area contributed by atoms with Gasteiger partial charge in [0.1, 0.15) is 17.7 Å². The lowest BCUT2D eigenvalue weighted by Gasteiger charge is -2.16. The van der Waals surface area contributed by atoms with Gasteiger partial charge in [-0.1, -0.05) is 46.9 Å². The molecule has 0 amide bonds. The molecular formula is C15H12Cl3FO2. The summed E-state index contributed by atoms with van der Waals surface area (Å²) in [5.41, 5.74) is 0.316. The lowest BCUT2D eigenvalue weighted by molar-refractivity contribution is 0.215. The molecule has 2 aromatic rings. The molecule has 0 spiro atoms. The van der Waals surface area contributed by atoms with Crippen LogP contribution in [-0.4, -0.2) is 11.7 Å². The molecule has 0 heterocycles. The molecule has 112 valence electrons. The highest BCUT2D eigenvalue weighted by molar-refractivity contribution is 6.34. The van der Waals surface area contributed by atoms with E-state index in [2.05, 4.69) is 0 Å². The standard InChI is InChI=1S/C15H12Cl3FO2/c1-2-21-13-7-11(17)9(6-12(13)18)15(20)8-4-3-5-10(16)14(8)19/h3-7,15,20H,2H2,1H3. The number of aliphatic hydroxyl groups is 1. The molecule has 0 saturated carbocycles. The Balaban J connectivity index is 2.46. The van der Waals surface area contributed by atoms with Crippen LogP contribution >= 0.6 is 34.8 Å². The van der Waals surface area contributed by atoms with E-state index in [1.807, 2.05) is 6.92 Å². The van der Waals surface area contributed by atoms with Gasteiger partial charge in [-0.15, -0.1) is 0 Å². The molecule has 21 heavy (non-hydrogen) atoms. The molecule has 0 saturated heterocycles. The van der Waals surface area contributed by atoms with Gasteiger partial charge >= 0.3 is 0 Å². The third kappa shape index (κ3) is 3.43. The quantitative estimate of drug-likeness (QED) is 0.815. The fourth-order valence-electron chi connectivity index (χ4n) is 1.92. The number of hydrogen-bond donors (Lipinski definition) is 1. The zero-order chi connectivity index (χ0) is 15.6. The van der Waals surface area contributed by atoms with Crippen molar-refractivity contribution in [3.8, 4) is 5.75 Å². The minimum absolute atomic E-state index is 0.0321. The number of aliphatic hydroxyl groups excluding tert-OH is 1. The van der Waals surface area contributed by atoms with Crippen molar-refractivity contribution < 1.29 is 14.2 Å². The van der Waals surface area contributed by atoms with Gasteiger partial charge in [0.2, 0.25) is 0 Å². The van der Waals surface area contributed by atoms with Crippen LogP contribution in [0.3, 0.4) is 0 Å². The number of hydrogen-bond acceptors (Lipinski definition) is 2. The molecule has 0 aliphatic rings. The highest BCUT2D eigenvalue weighted by Gasteiger charge is 2.21. The van der Waals surface area contributed by atoms with E-state index in [1.54, 1.807) is 6.07 Å². The maximum absolute atomic E-state index is 14.0. The van der Waals surface area contributed by atoms with Gasteiger partial charge in [-0.2, -0.15) is 0 Å². The molecule has 2 nitrogen and oxygen atoms in total. The van der Waals surface area contributed by atoms with E-state index in [9.17, 15) is 9.50 Å². The first kappa shape index (κ1) is 16.4. The molecule has 2 rings (SSSR count). The Morgan fingerprint density at radius 3 is 2.48 bits per heavy atom. The molecule has 6 heteroatoms. The largest absolute Gasteiger partial charge is 0.492 e. The van der Waals surface area contributed by atoms with Crippen LogP contribution in [0.2, 0.25) is 15.1 Å². The molecular weight excluding hydrogens is 338 g/mol. The number of halogens is 4. The average Bonchev–Trinajstić information content (AvgIpc) is 2.45. The van der Waals surface area contributed by atoms with Crippen molar-refractivity contribution in [1.29, 1.82) is 0 Å². The molecule has 0 fully saturated rings. The topological polar surface area (TPSA) is 29.5 Å². The summed E-state index contributed by atoms with van der Waals surface area (Å²) in [6.07, 6.45) is -1.27. The van der Waals surface area contributed by atoms with Crippen molar-refractivity contribution >= 4 is 34.8 Å². The molecule has 0 aliphatic carbocycles. The van der Waals surface area contributed by atoms with Crippen LogP contribution in [0, 0.1) is 5.82 Å². The minimum atomic E-state index is -1.27. The first-order chi connectivity index (χ1) is 9.95. The molecule has 1 unspecified atom stereocenters. The summed E-state index contributed by atoms with van der Waals surface area (Å²) in [7, 11) is 0. The van der Waals surface area contributed by atoms with Gasteiger partial charge in [0.25, 0.3) is 0 Å². The zero-order valence-electron chi connectivity index (χ0n) is 11.0. The molecule has 1 N–H and O–H groups in total. The van der Waals surface area contributed by atoms with Gasteiger partial charge in [-0.3, -0.25) is 0 Å². The average molecular weight is 350 g/mol. The number of rotatable bonds is 4. The fraction of sp³-hybridized carbons (Fsp3) is 0.200. The summed E-state index contributed by atoms with van der Waals surface area (Å²) in [4.78, 5) is 0. The number of ether oxygens (including phenoxy) is 1. The second-order valence-corrected chi connectivity index (χ2v) is 5.50. The first-order valence-electron chi connectivity index (χ1n) is 6.19. The summed E-state index contributed by atoms with van der Waals surface area (Å²) >= 11 is 17.9. The monoisotopic (exact) mass is 348 g/mol. The van der Waals surface area contributed by atoms with Crippen molar-refractivity contribution in [3.63, 3.8) is 0 Å². The Morgan fingerprint density at radius 2 is 1.81 bits per heavy atom. The van der Waals surface area contributed by atoms with Crippen LogP contribution < -0.4 is 4.74 Å². The third-order valence-electron chi connectivity index (χ3n) is 2.92. The van der Waals surface area contributed by atoms with Gasteiger partial charge in [-0.05, 0) is 19.1 Å². The molecule has 0 radical (unpaired) electrons.